The molecule has 0 unspecified atom stereocenters. The Morgan fingerprint density at radius 2 is 1.96 bits per heavy atom. The number of benzene rings is 2. The van der Waals surface area contributed by atoms with Crippen molar-refractivity contribution in [1.82, 2.24) is 5.32 Å². The Morgan fingerprint density at radius 1 is 1.23 bits per heavy atom. The fourth-order valence-electron chi connectivity index (χ4n) is 2.43. The first-order valence-electron chi connectivity index (χ1n) is 8.04. The third-order valence-electron chi connectivity index (χ3n) is 3.82. The number of nitrogens with one attached hydrogen (secondary N) is 1. The normalized spacial score (nSPS) is 10.3. The standard InChI is InChI=1S/C19H20ClFN2O3/c1-13(24)23(15-7-8-18(26-2)16(20)11-15)10-9-19(25)22-12-14-5-3-4-6-17(14)21/h3-8,11H,9-10,12H2,1-2H3,(H,22,25). The summed E-state index contributed by atoms with van der Waals surface area (Å²) >= 11 is 6.10. The van der Waals surface area contributed by atoms with Crippen molar-refractivity contribution < 1.29 is 18.7 Å². The van der Waals surface area contributed by atoms with E-state index >= 15 is 0 Å². The van der Waals surface area contributed by atoms with Crippen LogP contribution in [-0.4, -0.2) is 25.5 Å². The van der Waals surface area contributed by atoms with Gasteiger partial charge in [0.2, 0.25) is 11.8 Å². The van der Waals surface area contributed by atoms with Gasteiger partial charge in [0, 0.05) is 37.7 Å². The number of halogens is 2. The molecule has 0 bridgehead atoms. The van der Waals surface area contributed by atoms with Crippen molar-refractivity contribution in [1.29, 1.82) is 0 Å². The summed E-state index contributed by atoms with van der Waals surface area (Å²) in [6, 6.07) is 11.2. The number of hydrogen-bond donors (Lipinski definition) is 1. The molecule has 26 heavy (non-hydrogen) atoms. The number of ether oxygens (including phenoxy) is 1. The second kappa shape index (κ2) is 9.20. The highest BCUT2D eigenvalue weighted by molar-refractivity contribution is 6.32. The summed E-state index contributed by atoms with van der Waals surface area (Å²) in [6.07, 6.45) is 0.0810. The summed E-state index contributed by atoms with van der Waals surface area (Å²) < 4.78 is 18.6. The minimum Gasteiger partial charge on any atom is -0.495 e. The average molecular weight is 379 g/mol. The summed E-state index contributed by atoms with van der Waals surface area (Å²) in [6.45, 7) is 1.69. The van der Waals surface area contributed by atoms with Crippen molar-refractivity contribution in [3.8, 4) is 5.75 Å². The molecular formula is C19H20ClFN2O3. The molecule has 0 saturated heterocycles. The highest BCUT2D eigenvalue weighted by atomic mass is 35.5. The minimum absolute atomic E-state index is 0.0810. The number of amides is 2. The summed E-state index contributed by atoms with van der Waals surface area (Å²) in [4.78, 5) is 25.4. The lowest BCUT2D eigenvalue weighted by molar-refractivity contribution is -0.121. The van der Waals surface area contributed by atoms with Crippen molar-refractivity contribution in [3.63, 3.8) is 0 Å². The Hall–Kier alpha value is -2.60. The van der Waals surface area contributed by atoms with Crippen LogP contribution in [0.3, 0.4) is 0 Å². The Kier molecular flexibility index (Phi) is 6.97. The smallest absolute Gasteiger partial charge is 0.223 e. The van der Waals surface area contributed by atoms with Crippen molar-refractivity contribution in [2.75, 3.05) is 18.6 Å². The molecular weight excluding hydrogens is 359 g/mol. The molecule has 0 aromatic heterocycles. The molecule has 138 valence electrons. The number of carbonyl (C=O) groups excluding carboxylic acids is 2. The maximum Gasteiger partial charge on any atom is 0.223 e. The van der Waals surface area contributed by atoms with E-state index in [1.54, 1.807) is 36.4 Å². The first kappa shape index (κ1) is 19.7. The Labute approximate surface area is 156 Å². The second-order valence-corrected chi connectivity index (χ2v) is 6.01. The van der Waals surface area contributed by atoms with E-state index in [0.29, 0.717) is 22.0 Å². The van der Waals surface area contributed by atoms with Gasteiger partial charge in [0.15, 0.2) is 0 Å². The summed E-state index contributed by atoms with van der Waals surface area (Å²) in [7, 11) is 1.50. The van der Waals surface area contributed by atoms with Crippen LogP contribution in [0, 0.1) is 5.82 Å². The van der Waals surface area contributed by atoms with Crippen LogP contribution in [-0.2, 0) is 16.1 Å². The van der Waals surface area contributed by atoms with E-state index in [2.05, 4.69) is 5.32 Å². The maximum atomic E-state index is 13.6. The first-order valence-corrected chi connectivity index (χ1v) is 8.42. The van der Waals surface area contributed by atoms with Crippen LogP contribution in [0.25, 0.3) is 0 Å². The highest BCUT2D eigenvalue weighted by Gasteiger charge is 2.15. The van der Waals surface area contributed by atoms with Crippen molar-refractivity contribution in [2.24, 2.45) is 0 Å². The molecule has 1 N–H and O–H groups in total. The van der Waals surface area contributed by atoms with Crippen LogP contribution in [0.2, 0.25) is 5.02 Å². The van der Waals surface area contributed by atoms with E-state index in [0.717, 1.165) is 0 Å². The predicted octanol–water partition coefficient (Wildman–Crippen LogP) is 3.55. The quantitative estimate of drug-likeness (QED) is 0.801. The van der Waals surface area contributed by atoms with Gasteiger partial charge in [0.25, 0.3) is 0 Å². The van der Waals surface area contributed by atoms with Gasteiger partial charge in [0.05, 0.1) is 12.1 Å². The monoisotopic (exact) mass is 378 g/mol. The lowest BCUT2D eigenvalue weighted by Gasteiger charge is -2.21. The summed E-state index contributed by atoms with van der Waals surface area (Å²) in [5, 5.41) is 3.03. The topological polar surface area (TPSA) is 58.6 Å². The number of anilines is 1. The van der Waals surface area contributed by atoms with Gasteiger partial charge in [0.1, 0.15) is 11.6 Å². The van der Waals surface area contributed by atoms with E-state index in [9.17, 15) is 14.0 Å². The van der Waals surface area contributed by atoms with E-state index < -0.39 is 0 Å². The van der Waals surface area contributed by atoms with Gasteiger partial charge in [-0.25, -0.2) is 4.39 Å². The van der Waals surface area contributed by atoms with Crippen LogP contribution < -0.4 is 15.0 Å². The number of rotatable bonds is 7. The summed E-state index contributed by atoms with van der Waals surface area (Å²) in [5.74, 6) is -0.361. The molecule has 2 aromatic rings. The largest absolute Gasteiger partial charge is 0.495 e. The molecule has 0 aliphatic rings. The van der Waals surface area contributed by atoms with E-state index in [-0.39, 0.29) is 37.1 Å². The van der Waals surface area contributed by atoms with E-state index in [4.69, 9.17) is 16.3 Å². The molecule has 0 radical (unpaired) electrons. The zero-order chi connectivity index (χ0) is 19.1. The van der Waals surface area contributed by atoms with Crippen molar-refractivity contribution >= 4 is 29.1 Å². The molecule has 5 nitrogen and oxygen atoms in total. The van der Waals surface area contributed by atoms with Crippen LogP contribution in [0.5, 0.6) is 5.75 Å². The zero-order valence-corrected chi connectivity index (χ0v) is 15.3. The fraction of sp³-hybridized carbons (Fsp3) is 0.263. The first-order chi connectivity index (χ1) is 12.4. The van der Waals surface area contributed by atoms with Crippen molar-refractivity contribution in [2.45, 2.75) is 19.9 Å². The summed E-state index contributed by atoms with van der Waals surface area (Å²) in [5.41, 5.74) is 0.983. The molecule has 0 saturated carbocycles. The lowest BCUT2D eigenvalue weighted by atomic mass is 10.2. The second-order valence-electron chi connectivity index (χ2n) is 5.61. The zero-order valence-electron chi connectivity index (χ0n) is 14.6. The molecule has 7 heteroatoms. The van der Waals surface area contributed by atoms with E-state index in [1.165, 1.54) is 25.0 Å². The minimum atomic E-state index is -0.369. The SMILES string of the molecule is COc1ccc(N(CCC(=O)NCc2ccccc2F)C(C)=O)cc1Cl. The third kappa shape index (κ3) is 5.20. The van der Waals surface area contributed by atoms with Gasteiger partial charge < -0.3 is 15.0 Å². The van der Waals surface area contributed by atoms with Crippen LogP contribution in [0.4, 0.5) is 10.1 Å². The average Bonchev–Trinajstić information content (AvgIpc) is 2.61. The number of carbonyl (C=O) groups is 2. The maximum absolute atomic E-state index is 13.6. The van der Waals surface area contributed by atoms with Crippen LogP contribution >= 0.6 is 11.6 Å². The van der Waals surface area contributed by atoms with Gasteiger partial charge in [-0.3, -0.25) is 9.59 Å². The molecule has 0 heterocycles. The Bertz CT molecular complexity index is 798. The van der Waals surface area contributed by atoms with Gasteiger partial charge in [-0.2, -0.15) is 0 Å². The molecule has 0 aliphatic heterocycles. The van der Waals surface area contributed by atoms with Gasteiger partial charge in [-0.1, -0.05) is 29.8 Å². The fourth-order valence-corrected chi connectivity index (χ4v) is 2.68. The third-order valence-corrected chi connectivity index (χ3v) is 4.12. The molecule has 0 fully saturated rings. The van der Waals surface area contributed by atoms with Gasteiger partial charge in [-0.15, -0.1) is 0 Å². The van der Waals surface area contributed by atoms with Gasteiger partial charge >= 0.3 is 0 Å². The predicted molar refractivity (Wildman–Crippen MR) is 98.9 cm³/mol. The van der Waals surface area contributed by atoms with Crippen LogP contribution in [0.1, 0.15) is 18.9 Å². The van der Waals surface area contributed by atoms with Crippen molar-refractivity contribution in [3.05, 3.63) is 58.9 Å². The Morgan fingerprint density at radius 3 is 2.58 bits per heavy atom. The number of methoxy groups -OCH3 is 1. The van der Waals surface area contributed by atoms with Gasteiger partial charge in [-0.05, 0) is 24.3 Å². The molecule has 0 atom stereocenters. The Balaban J connectivity index is 1.96. The number of nitrogens with zero attached hydrogens (tertiary/aromatic N) is 1. The molecule has 2 rings (SSSR count). The molecule has 2 amide bonds. The molecule has 0 spiro atoms. The molecule has 0 aliphatic carbocycles. The van der Waals surface area contributed by atoms with Crippen LogP contribution in [0.15, 0.2) is 42.5 Å². The lowest BCUT2D eigenvalue weighted by Crippen LogP contribution is -2.33. The number of hydrogen-bond acceptors (Lipinski definition) is 3. The van der Waals surface area contributed by atoms with E-state index in [1.807, 2.05) is 0 Å². The highest BCUT2D eigenvalue weighted by Crippen LogP contribution is 2.29. The molecule has 2 aromatic carbocycles.